The zero-order chi connectivity index (χ0) is 13.8. The molecule has 4 nitrogen and oxygen atoms in total. The number of ether oxygens (including phenoxy) is 1. The number of benzene rings is 1. The predicted octanol–water partition coefficient (Wildman–Crippen LogP) is 3.27. The lowest BCUT2D eigenvalue weighted by Crippen LogP contribution is -2.03. The molecule has 0 radical (unpaired) electrons. The van der Waals surface area contributed by atoms with Crippen LogP contribution in [0.25, 0.3) is 0 Å². The van der Waals surface area contributed by atoms with Gasteiger partial charge in [-0.15, -0.1) is 0 Å². The van der Waals surface area contributed by atoms with Crippen LogP contribution in [0.1, 0.15) is 17.0 Å². The van der Waals surface area contributed by atoms with Crippen LogP contribution < -0.4 is 4.74 Å². The van der Waals surface area contributed by atoms with Crippen LogP contribution in [0.15, 0.2) is 28.9 Å². The van der Waals surface area contributed by atoms with E-state index in [9.17, 15) is 0 Å². The van der Waals surface area contributed by atoms with E-state index in [2.05, 4.69) is 25.9 Å². The molecule has 0 bridgehead atoms. The van der Waals surface area contributed by atoms with Crippen molar-refractivity contribution >= 4 is 27.5 Å². The molecule has 2 aromatic rings. The van der Waals surface area contributed by atoms with Crippen molar-refractivity contribution in [2.75, 3.05) is 0 Å². The first kappa shape index (κ1) is 14.2. The van der Waals surface area contributed by atoms with E-state index in [1.165, 1.54) is 6.20 Å². The van der Waals surface area contributed by atoms with Gasteiger partial charge in [0.25, 0.3) is 0 Å². The van der Waals surface area contributed by atoms with Crippen molar-refractivity contribution in [3.8, 4) is 5.88 Å². The smallest absolute Gasteiger partial charge is 0.235 e. The van der Waals surface area contributed by atoms with Crippen LogP contribution in [0, 0.1) is 6.92 Å². The normalized spacial score (nSPS) is 10.5. The molecular weight excluding hydrogens is 332 g/mol. The Morgan fingerprint density at radius 3 is 2.89 bits per heavy atom. The number of hydrogen-bond acceptors (Lipinski definition) is 4. The molecule has 6 heteroatoms. The summed E-state index contributed by atoms with van der Waals surface area (Å²) in [6.45, 7) is 1.96. The maximum atomic E-state index is 8.96. The number of halogens is 2. The third-order valence-electron chi connectivity index (χ3n) is 2.51. The van der Waals surface area contributed by atoms with Crippen LogP contribution in [-0.4, -0.2) is 15.1 Å². The fourth-order valence-corrected chi connectivity index (χ4v) is 2.13. The first-order valence-electron chi connectivity index (χ1n) is 5.61. The Morgan fingerprint density at radius 2 is 2.21 bits per heavy atom. The van der Waals surface area contributed by atoms with E-state index in [4.69, 9.17) is 21.4 Å². The van der Waals surface area contributed by atoms with Crippen molar-refractivity contribution in [3.63, 3.8) is 0 Å². The van der Waals surface area contributed by atoms with Gasteiger partial charge in [0.15, 0.2) is 0 Å². The van der Waals surface area contributed by atoms with Gasteiger partial charge in [-0.2, -0.15) is 0 Å². The second-order valence-corrected chi connectivity index (χ2v) is 5.14. The standard InChI is InChI=1S/C13H12BrClN2O2/c1-8-13(16-5-10(6-18)17-8)19-7-9-3-2-4-11(14)12(9)15/h2-5,18H,6-7H2,1H3. The van der Waals surface area contributed by atoms with Crippen LogP contribution in [0.5, 0.6) is 5.88 Å². The second kappa shape index (κ2) is 6.32. The first-order chi connectivity index (χ1) is 9.11. The molecule has 0 saturated carbocycles. The van der Waals surface area contributed by atoms with Gasteiger partial charge < -0.3 is 9.84 Å². The molecule has 1 aromatic heterocycles. The summed E-state index contributed by atoms with van der Waals surface area (Å²) in [6, 6.07) is 5.65. The molecule has 1 heterocycles. The summed E-state index contributed by atoms with van der Waals surface area (Å²) in [6.07, 6.45) is 1.49. The summed E-state index contributed by atoms with van der Waals surface area (Å²) in [4.78, 5) is 8.28. The third kappa shape index (κ3) is 3.43. The Bertz CT molecular complexity index is 593. The molecule has 0 fully saturated rings. The number of nitrogens with zero attached hydrogens (tertiary/aromatic N) is 2. The molecule has 0 saturated heterocycles. The largest absolute Gasteiger partial charge is 0.471 e. The predicted molar refractivity (Wildman–Crippen MR) is 76.2 cm³/mol. The van der Waals surface area contributed by atoms with Gasteiger partial charge in [0.1, 0.15) is 6.61 Å². The highest BCUT2D eigenvalue weighted by Crippen LogP contribution is 2.27. The zero-order valence-corrected chi connectivity index (χ0v) is 12.6. The number of rotatable bonds is 4. The lowest BCUT2D eigenvalue weighted by atomic mass is 10.2. The summed E-state index contributed by atoms with van der Waals surface area (Å²) in [7, 11) is 0. The van der Waals surface area contributed by atoms with Gasteiger partial charge in [0.05, 0.1) is 29.2 Å². The molecule has 1 aromatic carbocycles. The molecule has 0 unspecified atom stereocenters. The maximum Gasteiger partial charge on any atom is 0.235 e. The Balaban J connectivity index is 2.12. The Kier molecular flexibility index (Phi) is 4.74. The van der Waals surface area contributed by atoms with Gasteiger partial charge in [-0.25, -0.2) is 9.97 Å². The molecule has 2 rings (SSSR count). The SMILES string of the molecule is Cc1nc(CO)cnc1OCc1cccc(Br)c1Cl. The van der Waals surface area contributed by atoms with Gasteiger partial charge in [0.2, 0.25) is 5.88 Å². The highest BCUT2D eigenvalue weighted by Gasteiger charge is 2.08. The molecule has 0 aliphatic carbocycles. The highest BCUT2D eigenvalue weighted by molar-refractivity contribution is 9.10. The quantitative estimate of drug-likeness (QED) is 0.925. The van der Waals surface area contributed by atoms with E-state index in [1.54, 1.807) is 6.92 Å². The van der Waals surface area contributed by atoms with Crippen LogP contribution >= 0.6 is 27.5 Å². The Labute approximate surface area is 124 Å². The van der Waals surface area contributed by atoms with Gasteiger partial charge in [-0.1, -0.05) is 23.7 Å². The van der Waals surface area contributed by atoms with E-state index < -0.39 is 0 Å². The van der Waals surface area contributed by atoms with Crippen molar-refractivity contribution in [2.45, 2.75) is 20.1 Å². The third-order valence-corrected chi connectivity index (χ3v) is 3.85. The molecule has 0 aliphatic heterocycles. The van der Waals surface area contributed by atoms with Crippen molar-refractivity contribution in [2.24, 2.45) is 0 Å². The summed E-state index contributed by atoms with van der Waals surface area (Å²) >= 11 is 9.51. The van der Waals surface area contributed by atoms with Gasteiger partial charge in [0, 0.05) is 10.0 Å². The molecule has 0 aliphatic rings. The monoisotopic (exact) mass is 342 g/mol. The summed E-state index contributed by atoms with van der Waals surface area (Å²) in [5.41, 5.74) is 2.02. The van der Waals surface area contributed by atoms with Gasteiger partial charge in [-0.3, -0.25) is 0 Å². The lowest BCUT2D eigenvalue weighted by Gasteiger charge is -2.10. The lowest BCUT2D eigenvalue weighted by molar-refractivity contribution is 0.270. The minimum atomic E-state index is -0.133. The van der Waals surface area contributed by atoms with E-state index in [0.717, 1.165) is 10.0 Å². The fraction of sp³-hybridized carbons (Fsp3) is 0.231. The number of aromatic nitrogens is 2. The van der Waals surface area contributed by atoms with Crippen molar-refractivity contribution in [3.05, 3.63) is 50.8 Å². The van der Waals surface area contributed by atoms with E-state index in [-0.39, 0.29) is 6.61 Å². The van der Waals surface area contributed by atoms with Gasteiger partial charge in [-0.05, 0) is 28.9 Å². The minimum Gasteiger partial charge on any atom is -0.471 e. The minimum absolute atomic E-state index is 0.133. The average Bonchev–Trinajstić information content (AvgIpc) is 2.41. The average molecular weight is 344 g/mol. The van der Waals surface area contributed by atoms with Crippen LogP contribution in [0.4, 0.5) is 0 Å². The van der Waals surface area contributed by atoms with Crippen LogP contribution in [-0.2, 0) is 13.2 Å². The number of aryl methyl sites for hydroxylation is 1. The number of hydrogen-bond donors (Lipinski definition) is 1. The van der Waals surface area contributed by atoms with Crippen LogP contribution in [0.3, 0.4) is 0 Å². The molecule has 100 valence electrons. The molecule has 1 N–H and O–H groups in total. The van der Waals surface area contributed by atoms with Gasteiger partial charge >= 0.3 is 0 Å². The Morgan fingerprint density at radius 1 is 1.42 bits per heavy atom. The van der Waals surface area contributed by atoms with Crippen molar-refractivity contribution < 1.29 is 9.84 Å². The molecule has 0 atom stereocenters. The molecular formula is C13H12BrClN2O2. The number of aliphatic hydroxyl groups is 1. The zero-order valence-electron chi connectivity index (χ0n) is 10.2. The maximum absolute atomic E-state index is 8.96. The van der Waals surface area contributed by atoms with E-state index in [0.29, 0.717) is 28.9 Å². The van der Waals surface area contributed by atoms with Crippen molar-refractivity contribution in [1.29, 1.82) is 0 Å². The Hall–Kier alpha value is -1.17. The topological polar surface area (TPSA) is 55.2 Å². The fourth-order valence-electron chi connectivity index (χ4n) is 1.54. The molecule has 0 spiro atoms. The molecule has 19 heavy (non-hydrogen) atoms. The van der Waals surface area contributed by atoms with E-state index in [1.807, 2.05) is 18.2 Å². The van der Waals surface area contributed by atoms with Crippen molar-refractivity contribution in [1.82, 2.24) is 9.97 Å². The summed E-state index contributed by atoms with van der Waals surface area (Å²) < 4.78 is 6.43. The second-order valence-electron chi connectivity index (χ2n) is 3.91. The van der Waals surface area contributed by atoms with E-state index >= 15 is 0 Å². The summed E-state index contributed by atoms with van der Waals surface area (Å²) in [5, 5.41) is 9.59. The number of aliphatic hydroxyl groups excluding tert-OH is 1. The highest BCUT2D eigenvalue weighted by atomic mass is 79.9. The first-order valence-corrected chi connectivity index (χ1v) is 6.78. The molecule has 0 amide bonds. The van der Waals surface area contributed by atoms with Crippen LogP contribution in [0.2, 0.25) is 5.02 Å². The summed E-state index contributed by atoms with van der Waals surface area (Å²) in [5.74, 6) is 0.438.